The predicted octanol–water partition coefficient (Wildman–Crippen LogP) is 6.26. The number of benzene rings is 1. The maximum absolute atomic E-state index is 12.4. The van der Waals surface area contributed by atoms with E-state index in [0.29, 0.717) is 19.1 Å². The highest BCUT2D eigenvalue weighted by Gasteiger charge is 2.27. The first-order valence-electron chi connectivity index (χ1n) is 12.9. The van der Waals surface area contributed by atoms with E-state index in [2.05, 4.69) is 54.1 Å². The zero-order valence-electron chi connectivity index (χ0n) is 22.2. The van der Waals surface area contributed by atoms with E-state index in [0.717, 1.165) is 50.2 Å². The van der Waals surface area contributed by atoms with Crippen molar-refractivity contribution in [3.05, 3.63) is 66.1 Å². The zero-order valence-corrected chi connectivity index (χ0v) is 22.2. The lowest BCUT2D eigenvalue weighted by Crippen LogP contribution is -2.49. The Morgan fingerprint density at radius 2 is 1.63 bits per heavy atom. The summed E-state index contributed by atoms with van der Waals surface area (Å²) in [4.78, 5) is 16.4. The molecule has 0 unspecified atom stereocenters. The average Bonchev–Trinajstić information content (AvgIpc) is 2.83. The number of anilines is 1. The van der Waals surface area contributed by atoms with Crippen LogP contribution >= 0.6 is 0 Å². The average molecular weight is 482 g/mol. The molecule has 1 aliphatic heterocycles. The second-order valence-corrected chi connectivity index (χ2v) is 10.5. The molecule has 0 radical (unpaired) electrons. The quantitative estimate of drug-likeness (QED) is 0.368. The summed E-state index contributed by atoms with van der Waals surface area (Å²) in [5, 5.41) is 3.67. The van der Waals surface area contributed by atoms with Gasteiger partial charge in [-0.1, -0.05) is 24.3 Å². The number of piperazine rings is 1. The molecule has 1 heterocycles. The lowest BCUT2D eigenvalue weighted by atomic mass is 9.92. The molecule has 1 saturated carbocycles. The fourth-order valence-electron chi connectivity index (χ4n) is 4.49. The first kappa shape index (κ1) is 26.7. The summed E-state index contributed by atoms with van der Waals surface area (Å²) < 4.78 is 11.9. The van der Waals surface area contributed by atoms with Crippen LogP contribution in [0.5, 0.6) is 0 Å². The fraction of sp³-hybridized carbons (Fsp3) is 0.552. The molecule has 1 N–H and O–H groups in total. The van der Waals surface area contributed by atoms with Gasteiger partial charge in [-0.05, 0) is 84.6 Å². The normalized spacial score (nSPS) is 22.0. The number of rotatable bonds is 7. The molecule has 192 valence electrons. The number of amides is 1. The Morgan fingerprint density at radius 1 is 1.03 bits per heavy atom. The van der Waals surface area contributed by atoms with Crippen LogP contribution in [0.4, 0.5) is 10.5 Å². The Kier molecular flexibility index (Phi) is 9.30. The standard InChI is InChI=1S/C29H43N3O3/c1-7-25(31-17-19-32(20-18-31)28(33)35-29(4,5)6)21-26(8-2)34-27-15-13-24(14-16-27)30-23-11-9-22(3)10-12-23/h7-12,21,24,27,30H,1,13-20H2,2-6H3/b25-21+,26-8+/t24-,27-. The zero-order chi connectivity index (χ0) is 25.4. The SMILES string of the molecule is C=C/C(=C\C(=C/C)O[C@H]1CC[C@H](Nc2ccc(C)cc2)CC1)N1CCN(C(=O)OC(C)(C)C)CC1. The summed E-state index contributed by atoms with van der Waals surface area (Å²) in [7, 11) is 0. The van der Waals surface area contributed by atoms with Crippen LogP contribution < -0.4 is 5.32 Å². The Hall–Kier alpha value is -2.89. The summed E-state index contributed by atoms with van der Waals surface area (Å²) in [6.07, 6.45) is 10.2. The topological polar surface area (TPSA) is 54.0 Å². The monoisotopic (exact) mass is 481 g/mol. The van der Waals surface area contributed by atoms with Crippen molar-refractivity contribution >= 4 is 11.8 Å². The van der Waals surface area contributed by atoms with Gasteiger partial charge in [0.25, 0.3) is 0 Å². The van der Waals surface area contributed by atoms with Crippen molar-refractivity contribution in [3.8, 4) is 0 Å². The van der Waals surface area contributed by atoms with Crippen LogP contribution in [0.25, 0.3) is 0 Å². The molecule has 1 aliphatic carbocycles. The number of hydrogen-bond donors (Lipinski definition) is 1. The van der Waals surface area contributed by atoms with E-state index in [1.165, 1.54) is 11.3 Å². The first-order valence-corrected chi connectivity index (χ1v) is 12.9. The lowest BCUT2D eigenvalue weighted by Gasteiger charge is -2.37. The van der Waals surface area contributed by atoms with Gasteiger partial charge in [0, 0.05) is 49.7 Å². The first-order chi connectivity index (χ1) is 16.7. The van der Waals surface area contributed by atoms with Gasteiger partial charge in [0.15, 0.2) is 0 Å². The molecule has 6 nitrogen and oxygen atoms in total. The maximum Gasteiger partial charge on any atom is 0.410 e. The molecule has 1 aromatic rings. The highest BCUT2D eigenvalue weighted by molar-refractivity contribution is 5.68. The molecular weight excluding hydrogens is 438 g/mol. The number of ether oxygens (including phenoxy) is 2. The number of carbonyl (C=O) groups excluding carboxylic acids is 1. The molecule has 0 bridgehead atoms. The molecule has 0 aromatic heterocycles. The van der Waals surface area contributed by atoms with E-state index in [1.54, 1.807) is 4.90 Å². The van der Waals surface area contributed by atoms with Gasteiger partial charge in [0.2, 0.25) is 0 Å². The second kappa shape index (κ2) is 12.2. The van der Waals surface area contributed by atoms with Crippen molar-refractivity contribution in [2.45, 2.75) is 78.0 Å². The summed E-state index contributed by atoms with van der Waals surface area (Å²) >= 11 is 0. The van der Waals surface area contributed by atoms with Crippen LogP contribution in [0.15, 0.2) is 60.5 Å². The van der Waals surface area contributed by atoms with Crippen LogP contribution in [-0.2, 0) is 9.47 Å². The van der Waals surface area contributed by atoms with Crippen molar-refractivity contribution in [2.24, 2.45) is 0 Å². The molecule has 6 heteroatoms. The number of aryl methyl sites for hydroxylation is 1. The van der Waals surface area contributed by atoms with E-state index in [1.807, 2.05) is 39.8 Å². The van der Waals surface area contributed by atoms with Crippen molar-refractivity contribution in [1.82, 2.24) is 9.80 Å². The summed E-state index contributed by atoms with van der Waals surface area (Å²) in [6, 6.07) is 9.11. The summed E-state index contributed by atoms with van der Waals surface area (Å²) in [6.45, 7) is 16.6. The van der Waals surface area contributed by atoms with E-state index in [4.69, 9.17) is 9.47 Å². The van der Waals surface area contributed by atoms with Crippen molar-refractivity contribution in [1.29, 1.82) is 0 Å². The van der Waals surface area contributed by atoms with E-state index in [-0.39, 0.29) is 12.2 Å². The summed E-state index contributed by atoms with van der Waals surface area (Å²) in [5.74, 6) is 0.879. The van der Waals surface area contributed by atoms with Gasteiger partial charge in [-0.2, -0.15) is 0 Å². The third-order valence-corrected chi connectivity index (χ3v) is 6.48. The number of carbonyl (C=O) groups is 1. The third kappa shape index (κ3) is 8.37. The summed E-state index contributed by atoms with van der Waals surface area (Å²) in [5.41, 5.74) is 3.02. The van der Waals surface area contributed by atoms with Gasteiger partial charge in [0.05, 0.1) is 6.10 Å². The Balaban J connectivity index is 1.48. The minimum Gasteiger partial charge on any atom is -0.491 e. The molecule has 35 heavy (non-hydrogen) atoms. The highest BCUT2D eigenvalue weighted by atomic mass is 16.6. The molecule has 1 aromatic carbocycles. The van der Waals surface area contributed by atoms with E-state index in [9.17, 15) is 4.79 Å². The third-order valence-electron chi connectivity index (χ3n) is 6.48. The molecule has 3 rings (SSSR count). The predicted molar refractivity (Wildman–Crippen MR) is 143 cm³/mol. The van der Waals surface area contributed by atoms with Crippen molar-refractivity contribution < 1.29 is 14.3 Å². The van der Waals surface area contributed by atoms with Gasteiger partial charge < -0.3 is 24.6 Å². The van der Waals surface area contributed by atoms with Crippen molar-refractivity contribution in [3.63, 3.8) is 0 Å². The second-order valence-electron chi connectivity index (χ2n) is 10.5. The van der Waals surface area contributed by atoms with Gasteiger partial charge in [-0.3, -0.25) is 0 Å². The molecule has 0 atom stereocenters. The molecule has 0 spiro atoms. The van der Waals surface area contributed by atoms with Crippen LogP contribution in [0, 0.1) is 6.92 Å². The number of hydrogen-bond acceptors (Lipinski definition) is 5. The Labute approximate surface area is 211 Å². The molecule has 2 fully saturated rings. The largest absolute Gasteiger partial charge is 0.491 e. The number of nitrogens with one attached hydrogen (secondary N) is 1. The van der Waals surface area contributed by atoms with Crippen LogP contribution in [0.3, 0.4) is 0 Å². The van der Waals surface area contributed by atoms with Crippen LogP contribution in [0.1, 0.15) is 58.9 Å². The van der Waals surface area contributed by atoms with E-state index >= 15 is 0 Å². The molecular formula is C29H43N3O3. The molecule has 1 amide bonds. The molecule has 1 saturated heterocycles. The maximum atomic E-state index is 12.4. The number of allylic oxidation sites excluding steroid dienone is 3. The van der Waals surface area contributed by atoms with Crippen molar-refractivity contribution in [2.75, 3.05) is 31.5 Å². The van der Waals surface area contributed by atoms with Crippen LogP contribution in [0.2, 0.25) is 0 Å². The minimum absolute atomic E-state index is 0.226. The Morgan fingerprint density at radius 3 is 2.17 bits per heavy atom. The van der Waals surface area contributed by atoms with Gasteiger partial charge in [-0.25, -0.2) is 4.79 Å². The molecule has 2 aliphatic rings. The fourth-order valence-corrected chi connectivity index (χ4v) is 4.49. The van der Waals surface area contributed by atoms with E-state index < -0.39 is 5.60 Å². The highest BCUT2D eigenvalue weighted by Crippen LogP contribution is 2.27. The van der Waals surface area contributed by atoms with Gasteiger partial charge in [-0.15, -0.1) is 0 Å². The lowest BCUT2D eigenvalue weighted by molar-refractivity contribution is 0.0170. The number of nitrogens with zero attached hydrogens (tertiary/aromatic N) is 2. The van der Waals surface area contributed by atoms with Gasteiger partial charge in [0.1, 0.15) is 11.4 Å². The van der Waals surface area contributed by atoms with Gasteiger partial charge >= 0.3 is 6.09 Å². The van der Waals surface area contributed by atoms with Crippen LogP contribution in [-0.4, -0.2) is 59.8 Å². The smallest absolute Gasteiger partial charge is 0.410 e. The Bertz CT molecular complexity index is 898. The minimum atomic E-state index is -0.478.